The highest BCUT2D eigenvalue weighted by Gasteiger charge is 2.40. The number of nitrogens with one attached hydrogen (secondary N) is 1. The number of carbonyl (C=O) groups is 1. The van der Waals surface area contributed by atoms with Crippen LogP contribution in [-0.4, -0.2) is 43.6 Å². The first kappa shape index (κ1) is 18.1. The molecule has 0 aromatic heterocycles. The second-order valence-electron chi connectivity index (χ2n) is 6.60. The molecule has 2 heterocycles. The number of likely N-dealkylation sites (tertiary alicyclic amines) is 1. The Kier molecular flexibility index (Phi) is 6.31. The van der Waals surface area contributed by atoms with Crippen LogP contribution in [-0.2, 0) is 0 Å². The number of carbonyl (C=O) groups excluding carboxylic acids is 1. The minimum absolute atomic E-state index is 0. The molecule has 0 bridgehead atoms. The molecule has 1 aromatic carbocycles. The molecule has 2 saturated heterocycles. The molecule has 0 aliphatic carbocycles. The molecule has 2 aliphatic rings. The largest absolute Gasteiger partial charge is 0.494 e. The van der Waals surface area contributed by atoms with Gasteiger partial charge in [-0.25, -0.2) is 0 Å². The summed E-state index contributed by atoms with van der Waals surface area (Å²) in [6.07, 6.45) is 4.50. The van der Waals surface area contributed by atoms with Crippen LogP contribution in [0, 0.1) is 5.41 Å². The maximum absolute atomic E-state index is 12.8. The minimum Gasteiger partial charge on any atom is -0.494 e. The molecule has 5 heteroatoms. The third-order valence-electron chi connectivity index (χ3n) is 4.94. The molecule has 3 rings (SSSR count). The van der Waals surface area contributed by atoms with E-state index in [2.05, 4.69) is 12.2 Å². The Morgan fingerprint density at radius 3 is 2.83 bits per heavy atom. The van der Waals surface area contributed by atoms with Gasteiger partial charge in [0.1, 0.15) is 5.75 Å². The first-order valence-corrected chi connectivity index (χ1v) is 8.45. The first-order valence-electron chi connectivity index (χ1n) is 8.45. The predicted octanol–water partition coefficient (Wildman–Crippen LogP) is 3.11. The monoisotopic (exact) mass is 338 g/mol. The van der Waals surface area contributed by atoms with Gasteiger partial charge in [0, 0.05) is 18.7 Å². The van der Waals surface area contributed by atoms with Gasteiger partial charge in [-0.1, -0.05) is 13.0 Å². The third-order valence-corrected chi connectivity index (χ3v) is 4.94. The number of benzene rings is 1. The average Bonchev–Trinajstić information content (AvgIpc) is 2.96. The van der Waals surface area contributed by atoms with Gasteiger partial charge in [-0.2, -0.15) is 0 Å². The summed E-state index contributed by atoms with van der Waals surface area (Å²) in [4.78, 5) is 14.8. The van der Waals surface area contributed by atoms with Gasteiger partial charge < -0.3 is 15.0 Å². The Bertz CT molecular complexity index is 530. The van der Waals surface area contributed by atoms with Crippen LogP contribution in [0.2, 0.25) is 0 Å². The van der Waals surface area contributed by atoms with Crippen molar-refractivity contribution in [3.8, 4) is 5.75 Å². The highest BCUT2D eigenvalue weighted by atomic mass is 35.5. The Morgan fingerprint density at radius 2 is 2.09 bits per heavy atom. The number of halogens is 1. The van der Waals surface area contributed by atoms with Gasteiger partial charge in [-0.05, 0) is 62.4 Å². The second kappa shape index (κ2) is 8.02. The van der Waals surface area contributed by atoms with Crippen molar-refractivity contribution in [2.75, 3.05) is 32.8 Å². The van der Waals surface area contributed by atoms with Crippen molar-refractivity contribution in [3.63, 3.8) is 0 Å². The summed E-state index contributed by atoms with van der Waals surface area (Å²) in [5, 5.41) is 3.42. The highest BCUT2D eigenvalue weighted by Crippen LogP contribution is 2.39. The molecule has 1 aromatic rings. The maximum Gasteiger partial charge on any atom is 0.254 e. The van der Waals surface area contributed by atoms with Crippen LogP contribution in [0.4, 0.5) is 0 Å². The lowest BCUT2D eigenvalue weighted by molar-refractivity contribution is 0.0761. The average molecular weight is 339 g/mol. The third kappa shape index (κ3) is 4.18. The molecule has 23 heavy (non-hydrogen) atoms. The molecule has 2 aliphatic heterocycles. The van der Waals surface area contributed by atoms with Crippen LogP contribution in [0.1, 0.15) is 43.0 Å². The van der Waals surface area contributed by atoms with Gasteiger partial charge in [0.05, 0.1) is 6.61 Å². The van der Waals surface area contributed by atoms with Crippen LogP contribution < -0.4 is 10.1 Å². The normalized spacial score (nSPS) is 19.4. The lowest BCUT2D eigenvalue weighted by atomic mass is 9.78. The van der Waals surface area contributed by atoms with E-state index < -0.39 is 0 Å². The fourth-order valence-electron chi connectivity index (χ4n) is 3.60. The van der Waals surface area contributed by atoms with Gasteiger partial charge in [-0.15, -0.1) is 12.4 Å². The van der Waals surface area contributed by atoms with Crippen molar-refractivity contribution in [2.45, 2.75) is 32.6 Å². The van der Waals surface area contributed by atoms with Crippen LogP contribution in [0.25, 0.3) is 0 Å². The molecule has 0 unspecified atom stereocenters. The molecule has 1 amide bonds. The summed E-state index contributed by atoms with van der Waals surface area (Å²) in [5.41, 5.74) is 1.11. The molecular weight excluding hydrogens is 312 g/mol. The second-order valence-corrected chi connectivity index (χ2v) is 6.60. The van der Waals surface area contributed by atoms with Crippen LogP contribution in [0.5, 0.6) is 5.75 Å². The van der Waals surface area contributed by atoms with E-state index in [0.717, 1.165) is 50.3 Å². The van der Waals surface area contributed by atoms with Crippen molar-refractivity contribution in [1.82, 2.24) is 10.2 Å². The van der Waals surface area contributed by atoms with Crippen molar-refractivity contribution in [3.05, 3.63) is 29.8 Å². The van der Waals surface area contributed by atoms with Crippen molar-refractivity contribution >= 4 is 18.3 Å². The summed E-state index contributed by atoms with van der Waals surface area (Å²) < 4.78 is 5.64. The van der Waals surface area contributed by atoms with Crippen molar-refractivity contribution in [2.24, 2.45) is 5.41 Å². The van der Waals surface area contributed by atoms with E-state index in [0.29, 0.717) is 12.0 Å². The molecule has 4 nitrogen and oxygen atoms in total. The highest BCUT2D eigenvalue weighted by molar-refractivity contribution is 5.94. The smallest absolute Gasteiger partial charge is 0.254 e. The summed E-state index contributed by atoms with van der Waals surface area (Å²) in [6, 6.07) is 7.61. The number of nitrogens with zero attached hydrogens (tertiary/aromatic N) is 1. The molecular formula is C18H27ClN2O2. The lowest BCUT2D eigenvalue weighted by Gasteiger charge is -2.33. The molecule has 2 fully saturated rings. The zero-order valence-electron chi connectivity index (χ0n) is 13.8. The van der Waals surface area contributed by atoms with E-state index in [1.165, 1.54) is 12.8 Å². The number of ether oxygens (including phenoxy) is 1. The predicted molar refractivity (Wildman–Crippen MR) is 94.5 cm³/mol. The first-order chi connectivity index (χ1) is 10.7. The van der Waals surface area contributed by atoms with E-state index in [4.69, 9.17) is 4.74 Å². The molecule has 0 atom stereocenters. The number of hydrogen-bond acceptors (Lipinski definition) is 3. The molecule has 0 saturated carbocycles. The topological polar surface area (TPSA) is 41.6 Å². The van der Waals surface area contributed by atoms with E-state index >= 15 is 0 Å². The maximum atomic E-state index is 12.8. The standard InChI is InChI=1S/C18H26N2O2.ClH/c1-2-12-22-16-5-3-4-15(13-16)17(21)20-11-8-18(14-20)6-9-19-10-7-18;/h3-5,13,19H,2,6-12,14H2,1H3;1H. The lowest BCUT2D eigenvalue weighted by Crippen LogP contribution is -2.39. The van der Waals surface area contributed by atoms with Gasteiger partial charge in [0.2, 0.25) is 0 Å². The summed E-state index contributed by atoms with van der Waals surface area (Å²) >= 11 is 0. The van der Waals surface area contributed by atoms with Crippen LogP contribution >= 0.6 is 12.4 Å². The Balaban J connectivity index is 0.00000192. The zero-order valence-corrected chi connectivity index (χ0v) is 14.7. The van der Waals surface area contributed by atoms with Gasteiger partial charge >= 0.3 is 0 Å². The van der Waals surface area contributed by atoms with E-state index in [9.17, 15) is 4.79 Å². The van der Waals surface area contributed by atoms with E-state index in [-0.39, 0.29) is 18.3 Å². The molecule has 1 N–H and O–H groups in total. The number of rotatable bonds is 4. The van der Waals surface area contributed by atoms with Gasteiger partial charge in [-0.3, -0.25) is 4.79 Å². The summed E-state index contributed by atoms with van der Waals surface area (Å²) in [7, 11) is 0. The fraction of sp³-hybridized carbons (Fsp3) is 0.611. The number of amides is 1. The molecule has 128 valence electrons. The van der Waals surface area contributed by atoms with Gasteiger partial charge in [0.25, 0.3) is 5.91 Å². The van der Waals surface area contributed by atoms with Crippen LogP contribution in [0.3, 0.4) is 0 Å². The Labute approximate surface area is 145 Å². The SMILES string of the molecule is CCCOc1cccc(C(=O)N2CCC3(CCNCC3)C2)c1.Cl. The Hall–Kier alpha value is -1.26. The van der Waals surface area contributed by atoms with Crippen molar-refractivity contribution in [1.29, 1.82) is 0 Å². The quantitative estimate of drug-likeness (QED) is 0.917. The Morgan fingerprint density at radius 1 is 1.30 bits per heavy atom. The number of piperidine rings is 1. The van der Waals surface area contributed by atoms with Gasteiger partial charge in [0.15, 0.2) is 0 Å². The minimum atomic E-state index is 0. The number of hydrogen-bond donors (Lipinski definition) is 1. The molecule has 1 spiro atoms. The fourth-order valence-corrected chi connectivity index (χ4v) is 3.60. The summed E-state index contributed by atoms with van der Waals surface area (Å²) in [6.45, 7) is 6.74. The van der Waals surface area contributed by atoms with E-state index in [1.807, 2.05) is 29.2 Å². The van der Waals surface area contributed by atoms with E-state index in [1.54, 1.807) is 0 Å². The molecule has 0 radical (unpaired) electrons. The van der Waals surface area contributed by atoms with Crippen molar-refractivity contribution < 1.29 is 9.53 Å². The summed E-state index contributed by atoms with van der Waals surface area (Å²) in [5.74, 6) is 0.945. The van der Waals surface area contributed by atoms with Crippen LogP contribution in [0.15, 0.2) is 24.3 Å². The zero-order chi connectivity index (χ0) is 15.4.